The molecule has 1 unspecified atom stereocenters. The first kappa shape index (κ1) is 18.8. The summed E-state index contributed by atoms with van der Waals surface area (Å²) in [6, 6.07) is 9.96. The monoisotopic (exact) mass is 412 g/mol. The van der Waals surface area contributed by atoms with E-state index in [9.17, 15) is 0 Å². The second-order valence-corrected chi connectivity index (χ2v) is 13.7. The van der Waals surface area contributed by atoms with Crippen LogP contribution in [0.15, 0.2) is 40.3 Å². The SMILES string of the molecule is CC(C)(C)[Si](C)(C)O[C@H](c1ccccc1)C(N)c1nc(Br)cs1. The van der Waals surface area contributed by atoms with Crippen LogP contribution in [-0.4, -0.2) is 13.3 Å². The molecule has 0 aliphatic heterocycles. The van der Waals surface area contributed by atoms with E-state index in [2.05, 4.69) is 66.9 Å². The van der Waals surface area contributed by atoms with Crippen molar-refractivity contribution in [1.82, 2.24) is 4.98 Å². The molecule has 0 aliphatic rings. The molecule has 6 heteroatoms. The van der Waals surface area contributed by atoms with Crippen molar-refractivity contribution in [2.45, 2.75) is 51.0 Å². The summed E-state index contributed by atoms with van der Waals surface area (Å²) in [6.45, 7) is 11.2. The zero-order valence-electron chi connectivity index (χ0n) is 14.3. The molecule has 23 heavy (non-hydrogen) atoms. The van der Waals surface area contributed by atoms with E-state index in [1.807, 2.05) is 23.6 Å². The van der Waals surface area contributed by atoms with Crippen molar-refractivity contribution in [2.75, 3.05) is 0 Å². The molecule has 2 atom stereocenters. The van der Waals surface area contributed by atoms with Crippen LogP contribution in [0.5, 0.6) is 0 Å². The molecule has 0 aliphatic carbocycles. The molecule has 126 valence electrons. The second-order valence-electron chi connectivity index (χ2n) is 7.24. The van der Waals surface area contributed by atoms with Crippen LogP contribution in [-0.2, 0) is 4.43 Å². The van der Waals surface area contributed by atoms with E-state index in [0.717, 1.165) is 15.2 Å². The standard InChI is InChI=1S/C17H25BrN2OSSi/c1-17(2,3)23(4,5)21-15(12-9-7-6-8-10-12)14(19)16-20-13(18)11-22-16/h6-11,14-15H,19H2,1-5H3/t14?,15-/m1/s1. The van der Waals surface area contributed by atoms with Gasteiger partial charge < -0.3 is 10.2 Å². The Hall–Kier alpha value is -0.533. The maximum atomic E-state index is 6.68. The molecule has 1 aromatic heterocycles. The molecule has 0 amide bonds. The predicted molar refractivity (Wildman–Crippen MR) is 104 cm³/mol. The summed E-state index contributed by atoms with van der Waals surface area (Å²) in [5.74, 6) is 0. The van der Waals surface area contributed by atoms with Crippen LogP contribution in [0.1, 0.15) is 43.5 Å². The molecule has 1 heterocycles. The molecular weight excluding hydrogens is 388 g/mol. The number of hydrogen-bond acceptors (Lipinski definition) is 4. The number of aromatic nitrogens is 1. The second kappa shape index (κ2) is 7.15. The van der Waals surface area contributed by atoms with Gasteiger partial charge >= 0.3 is 0 Å². The maximum absolute atomic E-state index is 6.68. The van der Waals surface area contributed by atoms with Crippen molar-refractivity contribution >= 4 is 35.6 Å². The minimum absolute atomic E-state index is 0.128. The lowest BCUT2D eigenvalue weighted by Crippen LogP contribution is -2.43. The van der Waals surface area contributed by atoms with E-state index < -0.39 is 8.32 Å². The van der Waals surface area contributed by atoms with Crippen molar-refractivity contribution in [3.05, 3.63) is 50.9 Å². The van der Waals surface area contributed by atoms with Crippen LogP contribution in [0, 0.1) is 0 Å². The summed E-state index contributed by atoms with van der Waals surface area (Å²) in [7, 11) is -1.95. The minimum Gasteiger partial charge on any atom is -0.408 e. The van der Waals surface area contributed by atoms with Crippen LogP contribution in [0.25, 0.3) is 0 Å². The van der Waals surface area contributed by atoms with Gasteiger partial charge in [-0.2, -0.15) is 0 Å². The molecule has 0 fully saturated rings. The lowest BCUT2D eigenvalue weighted by Gasteiger charge is -2.40. The third kappa shape index (κ3) is 4.51. The molecular formula is C17H25BrN2OSSi. The van der Waals surface area contributed by atoms with Crippen molar-refractivity contribution in [3.8, 4) is 0 Å². The Kier molecular flexibility index (Phi) is 5.84. The van der Waals surface area contributed by atoms with Gasteiger partial charge in [-0.1, -0.05) is 51.1 Å². The number of benzene rings is 1. The average Bonchev–Trinajstić information content (AvgIpc) is 2.90. The third-order valence-electron chi connectivity index (χ3n) is 4.46. The lowest BCUT2D eigenvalue weighted by molar-refractivity contribution is 0.154. The molecule has 3 nitrogen and oxygen atoms in total. The summed E-state index contributed by atoms with van der Waals surface area (Å²) < 4.78 is 7.51. The fraction of sp³-hybridized carbons (Fsp3) is 0.471. The fourth-order valence-electron chi connectivity index (χ4n) is 2.04. The molecule has 0 spiro atoms. The number of halogens is 1. The minimum atomic E-state index is -1.95. The van der Waals surface area contributed by atoms with Gasteiger partial charge in [0.2, 0.25) is 0 Å². The normalized spacial score (nSPS) is 15.4. The lowest BCUT2D eigenvalue weighted by atomic mass is 10.0. The zero-order valence-corrected chi connectivity index (χ0v) is 17.7. The molecule has 0 saturated heterocycles. The highest BCUT2D eigenvalue weighted by Gasteiger charge is 2.41. The summed E-state index contributed by atoms with van der Waals surface area (Å²) >= 11 is 4.98. The first-order valence-corrected chi connectivity index (χ1v) is 12.3. The Morgan fingerprint density at radius 2 is 1.83 bits per heavy atom. The van der Waals surface area contributed by atoms with Crippen LogP contribution in [0.3, 0.4) is 0 Å². The van der Waals surface area contributed by atoms with Gasteiger partial charge in [0, 0.05) is 5.38 Å². The Morgan fingerprint density at radius 1 is 1.22 bits per heavy atom. The summed E-state index contributed by atoms with van der Waals surface area (Å²) in [6.07, 6.45) is -0.185. The van der Waals surface area contributed by atoms with Crippen LogP contribution in [0.2, 0.25) is 18.1 Å². The summed E-state index contributed by atoms with van der Waals surface area (Å²) in [5.41, 5.74) is 7.67. The first-order valence-electron chi connectivity index (χ1n) is 7.71. The van der Waals surface area contributed by atoms with Crippen molar-refractivity contribution in [1.29, 1.82) is 0 Å². The maximum Gasteiger partial charge on any atom is 0.193 e. The number of nitrogens with two attached hydrogens (primary N) is 1. The van der Waals surface area contributed by atoms with Gasteiger partial charge in [0.25, 0.3) is 0 Å². The van der Waals surface area contributed by atoms with Gasteiger partial charge in [0.05, 0.1) is 12.1 Å². The predicted octanol–water partition coefficient (Wildman–Crippen LogP) is 5.67. The molecule has 0 bridgehead atoms. The van der Waals surface area contributed by atoms with Gasteiger partial charge in [-0.15, -0.1) is 11.3 Å². The van der Waals surface area contributed by atoms with Gasteiger partial charge in [0.1, 0.15) is 9.61 Å². The Labute approximate surface area is 152 Å². The van der Waals surface area contributed by atoms with E-state index >= 15 is 0 Å². The Morgan fingerprint density at radius 3 is 2.30 bits per heavy atom. The Balaban J connectivity index is 2.37. The summed E-state index contributed by atoms with van der Waals surface area (Å²) in [5, 5.41) is 2.98. The highest BCUT2D eigenvalue weighted by molar-refractivity contribution is 9.10. The largest absolute Gasteiger partial charge is 0.408 e. The molecule has 0 saturated carbocycles. The van der Waals surface area contributed by atoms with E-state index in [1.165, 1.54) is 0 Å². The third-order valence-corrected chi connectivity index (χ3v) is 10.6. The van der Waals surface area contributed by atoms with Gasteiger partial charge in [0.15, 0.2) is 8.32 Å². The number of nitrogens with zero attached hydrogens (tertiary/aromatic N) is 1. The topological polar surface area (TPSA) is 48.1 Å². The highest BCUT2D eigenvalue weighted by Crippen LogP contribution is 2.43. The zero-order chi connectivity index (χ0) is 17.3. The van der Waals surface area contributed by atoms with E-state index in [1.54, 1.807) is 11.3 Å². The van der Waals surface area contributed by atoms with Crippen LogP contribution < -0.4 is 5.73 Å². The molecule has 0 radical (unpaired) electrons. The molecule has 2 rings (SSSR count). The molecule has 2 aromatic rings. The van der Waals surface area contributed by atoms with Gasteiger partial charge in [-0.05, 0) is 39.6 Å². The summed E-state index contributed by atoms with van der Waals surface area (Å²) in [4.78, 5) is 4.49. The van der Waals surface area contributed by atoms with Crippen LogP contribution >= 0.6 is 27.3 Å². The quantitative estimate of drug-likeness (QED) is 0.643. The number of rotatable bonds is 5. The smallest absolute Gasteiger partial charge is 0.193 e. The first-order chi connectivity index (χ1) is 10.6. The van der Waals surface area contributed by atoms with Crippen molar-refractivity contribution in [2.24, 2.45) is 5.73 Å². The van der Waals surface area contributed by atoms with Crippen LogP contribution in [0.4, 0.5) is 0 Å². The molecule has 2 N–H and O–H groups in total. The fourth-order valence-corrected chi connectivity index (χ4v) is 4.60. The highest BCUT2D eigenvalue weighted by atomic mass is 79.9. The van der Waals surface area contributed by atoms with Gasteiger partial charge in [-0.3, -0.25) is 0 Å². The number of thiazole rings is 1. The van der Waals surface area contributed by atoms with Crippen molar-refractivity contribution in [3.63, 3.8) is 0 Å². The van der Waals surface area contributed by atoms with E-state index in [-0.39, 0.29) is 17.2 Å². The molecule has 1 aromatic carbocycles. The van der Waals surface area contributed by atoms with Gasteiger partial charge in [-0.25, -0.2) is 4.98 Å². The number of hydrogen-bond donors (Lipinski definition) is 1. The Bertz CT molecular complexity index is 640. The average molecular weight is 413 g/mol. The van der Waals surface area contributed by atoms with E-state index in [4.69, 9.17) is 10.2 Å². The van der Waals surface area contributed by atoms with E-state index in [0.29, 0.717) is 0 Å². The van der Waals surface area contributed by atoms with Crippen molar-refractivity contribution < 1.29 is 4.43 Å².